The van der Waals surface area contributed by atoms with Crippen molar-refractivity contribution in [3.05, 3.63) is 95.1 Å². The minimum absolute atomic E-state index is 0.106. The van der Waals surface area contributed by atoms with E-state index >= 15 is 0 Å². The van der Waals surface area contributed by atoms with Gasteiger partial charge in [-0.2, -0.15) is 0 Å². The molecule has 1 unspecified atom stereocenters. The van der Waals surface area contributed by atoms with Crippen molar-refractivity contribution in [1.82, 2.24) is 10.2 Å². The molecule has 3 aromatic rings. The van der Waals surface area contributed by atoms with E-state index in [9.17, 15) is 18.0 Å². The highest BCUT2D eigenvalue weighted by Crippen LogP contribution is 2.27. The first-order valence-corrected chi connectivity index (χ1v) is 15.8. The quantitative estimate of drug-likeness (QED) is 0.319. The van der Waals surface area contributed by atoms with Gasteiger partial charge in [-0.3, -0.25) is 13.9 Å². The summed E-state index contributed by atoms with van der Waals surface area (Å²) in [6.07, 6.45) is 4.44. The third-order valence-corrected chi connectivity index (χ3v) is 9.74. The summed E-state index contributed by atoms with van der Waals surface area (Å²) in [5.74, 6) is -0.626. The molecular formula is C33H41N3O4S. The molecule has 2 amide bonds. The molecule has 0 aromatic heterocycles. The maximum absolute atomic E-state index is 14.2. The van der Waals surface area contributed by atoms with Gasteiger partial charge in [0.2, 0.25) is 11.8 Å². The predicted molar refractivity (Wildman–Crippen MR) is 163 cm³/mol. The summed E-state index contributed by atoms with van der Waals surface area (Å²) in [4.78, 5) is 29.4. The van der Waals surface area contributed by atoms with Crippen LogP contribution in [-0.4, -0.2) is 43.8 Å². The second-order valence-electron chi connectivity index (χ2n) is 11.0. The second kappa shape index (κ2) is 13.3. The van der Waals surface area contributed by atoms with Gasteiger partial charge in [-0.15, -0.1) is 0 Å². The summed E-state index contributed by atoms with van der Waals surface area (Å²) in [6.45, 7) is 7.41. The van der Waals surface area contributed by atoms with Crippen LogP contribution in [0, 0.1) is 20.8 Å². The maximum atomic E-state index is 14.2. The average molecular weight is 576 g/mol. The Hall–Kier alpha value is -3.65. The molecule has 0 radical (unpaired) electrons. The summed E-state index contributed by atoms with van der Waals surface area (Å²) >= 11 is 0. The van der Waals surface area contributed by atoms with E-state index < -0.39 is 28.5 Å². The second-order valence-corrected chi connectivity index (χ2v) is 12.9. The Bertz CT molecular complexity index is 1450. The predicted octanol–water partition coefficient (Wildman–Crippen LogP) is 5.67. The minimum Gasteiger partial charge on any atom is -0.352 e. The zero-order chi connectivity index (χ0) is 29.6. The molecule has 0 bridgehead atoms. The number of benzene rings is 3. The number of carbonyl (C=O) groups excluding carboxylic acids is 2. The van der Waals surface area contributed by atoms with Crippen molar-refractivity contribution in [1.29, 1.82) is 0 Å². The Labute approximate surface area is 244 Å². The smallest absolute Gasteiger partial charge is 0.264 e. The highest BCUT2D eigenvalue weighted by Gasteiger charge is 2.34. The zero-order valence-electron chi connectivity index (χ0n) is 24.5. The Morgan fingerprint density at radius 2 is 1.56 bits per heavy atom. The molecule has 1 atom stereocenters. The summed E-state index contributed by atoms with van der Waals surface area (Å²) in [5.41, 5.74) is 4.15. The summed E-state index contributed by atoms with van der Waals surface area (Å²) < 4.78 is 29.2. The molecule has 41 heavy (non-hydrogen) atoms. The lowest BCUT2D eigenvalue weighted by molar-refractivity contribution is -0.140. The van der Waals surface area contributed by atoms with Gasteiger partial charge in [-0.1, -0.05) is 73.9 Å². The van der Waals surface area contributed by atoms with E-state index in [0.29, 0.717) is 12.1 Å². The minimum atomic E-state index is -4.09. The summed E-state index contributed by atoms with van der Waals surface area (Å²) in [6, 6.07) is 20.9. The van der Waals surface area contributed by atoms with Crippen LogP contribution in [0.4, 0.5) is 5.69 Å². The van der Waals surface area contributed by atoms with Crippen LogP contribution in [-0.2, 0) is 26.2 Å². The van der Waals surface area contributed by atoms with E-state index in [1.165, 1.54) is 4.31 Å². The number of nitrogens with zero attached hydrogens (tertiary/aromatic N) is 2. The van der Waals surface area contributed by atoms with Crippen LogP contribution < -0.4 is 9.62 Å². The zero-order valence-corrected chi connectivity index (χ0v) is 25.3. The molecule has 218 valence electrons. The van der Waals surface area contributed by atoms with Gasteiger partial charge in [0.1, 0.15) is 12.6 Å². The van der Waals surface area contributed by atoms with Crippen molar-refractivity contribution in [2.24, 2.45) is 0 Å². The molecule has 0 aliphatic heterocycles. The molecule has 0 heterocycles. The third kappa shape index (κ3) is 7.36. The lowest BCUT2D eigenvalue weighted by Gasteiger charge is -2.34. The first-order valence-electron chi connectivity index (χ1n) is 14.4. The van der Waals surface area contributed by atoms with Crippen LogP contribution in [0.15, 0.2) is 77.7 Å². The number of carbonyl (C=O) groups is 2. The fraction of sp³-hybridized carbons (Fsp3) is 0.394. The van der Waals surface area contributed by atoms with Crippen LogP contribution in [0.2, 0.25) is 0 Å². The summed E-state index contributed by atoms with van der Waals surface area (Å²) in [7, 11) is -4.09. The molecular weight excluding hydrogens is 534 g/mol. The van der Waals surface area contributed by atoms with Crippen LogP contribution in [0.1, 0.15) is 61.3 Å². The SMILES string of the molecule is CCC(C(=O)NC1CCCC1)N(Cc1ccccc1)C(=O)CN(c1ccc(C)c(C)c1)S(=O)(=O)c1ccc(C)cc1. The largest absolute Gasteiger partial charge is 0.352 e. The number of rotatable bonds is 11. The van der Waals surface area contributed by atoms with Crippen molar-refractivity contribution >= 4 is 27.5 Å². The van der Waals surface area contributed by atoms with Crippen molar-refractivity contribution in [2.45, 2.75) is 83.3 Å². The molecule has 1 saturated carbocycles. The lowest BCUT2D eigenvalue weighted by atomic mass is 10.1. The third-order valence-electron chi connectivity index (χ3n) is 7.95. The molecule has 1 fully saturated rings. The number of sulfonamides is 1. The standard InChI is InChI=1S/C33H41N3O4S/c1-5-31(33(38)34-28-13-9-10-14-28)35(22-27-11-7-6-8-12-27)32(37)23-36(29-18-17-25(3)26(4)21-29)41(39,40)30-19-15-24(2)16-20-30/h6-8,11-12,15-21,28,31H,5,9-10,13-14,22-23H2,1-4H3,(H,34,38). The highest BCUT2D eigenvalue weighted by molar-refractivity contribution is 7.92. The van der Waals surface area contributed by atoms with Gasteiger partial charge >= 0.3 is 0 Å². The average Bonchev–Trinajstić information content (AvgIpc) is 3.47. The van der Waals surface area contributed by atoms with Crippen molar-refractivity contribution in [3.63, 3.8) is 0 Å². The van der Waals surface area contributed by atoms with E-state index in [2.05, 4.69) is 5.32 Å². The van der Waals surface area contributed by atoms with Crippen LogP contribution in [0.3, 0.4) is 0 Å². The van der Waals surface area contributed by atoms with Gasteiger partial charge in [0.15, 0.2) is 0 Å². The van der Waals surface area contributed by atoms with Gasteiger partial charge in [-0.05, 0) is 81.0 Å². The number of aryl methyl sites for hydroxylation is 3. The highest BCUT2D eigenvalue weighted by atomic mass is 32.2. The van der Waals surface area contributed by atoms with E-state index in [-0.39, 0.29) is 23.4 Å². The fourth-order valence-electron chi connectivity index (χ4n) is 5.31. The van der Waals surface area contributed by atoms with Gasteiger partial charge in [0.25, 0.3) is 10.0 Å². The Balaban J connectivity index is 1.72. The Kier molecular flexibility index (Phi) is 9.86. The number of amides is 2. The van der Waals surface area contributed by atoms with E-state index in [1.54, 1.807) is 41.3 Å². The van der Waals surface area contributed by atoms with Gasteiger partial charge in [0.05, 0.1) is 10.6 Å². The van der Waals surface area contributed by atoms with Crippen molar-refractivity contribution in [3.8, 4) is 0 Å². The molecule has 0 spiro atoms. The number of nitrogens with one attached hydrogen (secondary N) is 1. The van der Waals surface area contributed by atoms with Gasteiger partial charge in [0, 0.05) is 12.6 Å². The van der Waals surface area contributed by atoms with E-state index in [0.717, 1.165) is 47.9 Å². The first kappa shape index (κ1) is 30.3. The molecule has 1 aliphatic rings. The number of hydrogen-bond donors (Lipinski definition) is 1. The fourth-order valence-corrected chi connectivity index (χ4v) is 6.72. The molecule has 0 saturated heterocycles. The van der Waals surface area contributed by atoms with Crippen molar-refractivity contribution in [2.75, 3.05) is 10.8 Å². The molecule has 1 N–H and O–H groups in total. The Morgan fingerprint density at radius 3 is 2.17 bits per heavy atom. The van der Waals surface area contributed by atoms with Crippen LogP contribution in [0.5, 0.6) is 0 Å². The topological polar surface area (TPSA) is 86.8 Å². The van der Waals surface area contributed by atoms with E-state index in [4.69, 9.17) is 0 Å². The molecule has 1 aliphatic carbocycles. The Morgan fingerprint density at radius 1 is 0.902 bits per heavy atom. The number of hydrogen-bond acceptors (Lipinski definition) is 4. The van der Waals surface area contributed by atoms with Crippen molar-refractivity contribution < 1.29 is 18.0 Å². The molecule has 8 heteroatoms. The first-order chi connectivity index (χ1) is 19.6. The summed E-state index contributed by atoms with van der Waals surface area (Å²) in [5, 5.41) is 3.15. The molecule has 4 rings (SSSR count). The molecule has 3 aromatic carbocycles. The van der Waals surface area contributed by atoms with Crippen LogP contribution in [0.25, 0.3) is 0 Å². The number of anilines is 1. The maximum Gasteiger partial charge on any atom is 0.264 e. The normalized spacial score (nSPS) is 14.4. The lowest BCUT2D eigenvalue weighted by Crippen LogP contribution is -2.53. The van der Waals surface area contributed by atoms with Gasteiger partial charge in [-0.25, -0.2) is 8.42 Å². The van der Waals surface area contributed by atoms with Gasteiger partial charge < -0.3 is 10.2 Å². The monoisotopic (exact) mass is 575 g/mol. The van der Waals surface area contributed by atoms with Crippen LogP contribution >= 0.6 is 0 Å². The molecule has 7 nitrogen and oxygen atoms in total. The van der Waals surface area contributed by atoms with E-state index in [1.807, 2.05) is 64.1 Å².